The lowest BCUT2D eigenvalue weighted by atomic mass is 10.2. The fraction of sp³-hybridized carbons (Fsp3) is 0.462. The molecule has 0 aliphatic carbocycles. The van der Waals surface area contributed by atoms with Crippen molar-refractivity contribution in [3.05, 3.63) is 23.8 Å². The highest BCUT2D eigenvalue weighted by atomic mass is 35.7. The average Bonchev–Trinajstić information content (AvgIpc) is 2.80. The Bertz CT molecular complexity index is 615. The number of benzene rings is 1. The quantitative estimate of drug-likeness (QED) is 0.632. The third-order valence-electron chi connectivity index (χ3n) is 3.17. The van der Waals surface area contributed by atoms with E-state index in [0.29, 0.717) is 25.3 Å². The largest absolute Gasteiger partial charge is 0.449 e. The van der Waals surface area contributed by atoms with Crippen molar-refractivity contribution in [2.45, 2.75) is 31.1 Å². The zero-order valence-electron chi connectivity index (χ0n) is 11.1. The molecule has 1 heterocycles. The van der Waals surface area contributed by atoms with Crippen LogP contribution in [-0.4, -0.2) is 27.7 Å². The minimum Gasteiger partial charge on any atom is -0.449 e. The van der Waals surface area contributed by atoms with Gasteiger partial charge in [0.2, 0.25) is 0 Å². The normalized spacial score (nSPS) is 14.2. The molecule has 1 aromatic carbocycles. The van der Waals surface area contributed by atoms with Crippen LogP contribution in [0.15, 0.2) is 23.1 Å². The lowest BCUT2D eigenvalue weighted by molar-refractivity contribution is 0.152. The molecule has 1 aromatic rings. The summed E-state index contributed by atoms with van der Waals surface area (Å²) in [6.45, 7) is 2.91. The lowest BCUT2D eigenvalue weighted by Gasteiger charge is -2.17. The van der Waals surface area contributed by atoms with Gasteiger partial charge in [-0.3, -0.25) is 4.90 Å². The van der Waals surface area contributed by atoms with E-state index in [4.69, 9.17) is 15.4 Å². The monoisotopic (exact) mass is 317 g/mol. The second-order valence-corrected chi connectivity index (χ2v) is 7.16. The Balaban J connectivity index is 2.15. The van der Waals surface area contributed by atoms with Crippen LogP contribution in [0.1, 0.15) is 25.3 Å². The second kappa shape index (κ2) is 6.01. The molecule has 0 saturated heterocycles. The SMILES string of the molecule is CCCCOC(=O)N1CCc2cc(S(=O)(=O)Cl)ccc21. The molecule has 0 N–H and O–H groups in total. The van der Waals surface area contributed by atoms with Crippen molar-refractivity contribution in [3.8, 4) is 0 Å². The standard InChI is InChI=1S/C13H16ClNO4S/c1-2-3-8-19-13(16)15-7-6-10-9-11(20(14,17)18)4-5-12(10)15/h4-5,9H,2-3,6-8H2,1H3. The summed E-state index contributed by atoms with van der Waals surface area (Å²) in [5, 5.41) is 0. The number of fused-ring (bicyclic) bond motifs is 1. The number of ether oxygens (including phenoxy) is 1. The predicted molar refractivity (Wildman–Crippen MR) is 76.8 cm³/mol. The van der Waals surface area contributed by atoms with Crippen LogP contribution in [0, 0.1) is 0 Å². The number of amides is 1. The van der Waals surface area contributed by atoms with Crippen LogP contribution in [0.5, 0.6) is 0 Å². The first-order chi connectivity index (χ1) is 9.43. The molecule has 0 atom stereocenters. The van der Waals surface area contributed by atoms with Crippen LogP contribution in [0.2, 0.25) is 0 Å². The van der Waals surface area contributed by atoms with Crippen LogP contribution in [-0.2, 0) is 20.2 Å². The average molecular weight is 318 g/mol. The first-order valence-electron chi connectivity index (χ1n) is 6.45. The van der Waals surface area contributed by atoms with Gasteiger partial charge in [0.05, 0.1) is 17.2 Å². The molecule has 0 spiro atoms. The number of anilines is 1. The minimum atomic E-state index is -3.74. The van der Waals surface area contributed by atoms with E-state index < -0.39 is 15.1 Å². The van der Waals surface area contributed by atoms with Gasteiger partial charge in [0, 0.05) is 17.2 Å². The van der Waals surface area contributed by atoms with Gasteiger partial charge in [-0.05, 0) is 36.6 Å². The highest BCUT2D eigenvalue weighted by Crippen LogP contribution is 2.31. The molecule has 0 fully saturated rings. The summed E-state index contributed by atoms with van der Waals surface area (Å²) in [6.07, 6.45) is 1.99. The molecular formula is C13H16ClNO4S. The third kappa shape index (κ3) is 3.24. The molecule has 0 radical (unpaired) electrons. The van der Waals surface area contributed by atoms with E-state index >= 15 is 0 Å². The maximum absolute atomic E-state index is 11.9. The highest BCUT2D eigenvalue weighted by molar-refractivity contribution is 8.13. The van der Waals surface area contributed by atoms with Gasteiger partial charge in [0.25, 0.3) is 9.05 Å². The van der Waals surface area contributed by atoms with Crippen molar-refractivity contribution in [1.82, 2.24) is 0 Å². The van der Waals surface area contributed by atoms with E-state index in [2.05, 4.69) is 0 Å². The van der Waals surface area contributed by atoms with Crippen LogP contribution < -0.4 is 4.90 Å². The van der Waals surface area contributed by atoms with Gasteiger partial charge in [0.1, 0.15) is 0 Å². The highest BCUT2D eigenvalue weighted by Gasteiger charge is 2.27. The zero-order valence-corrected chi connectivity index (χ0v) is 12.7. The summed E-state index contributed by atoms with van der Waals surface area (Å²) in [4.78, 5) is 13.5. The maximum Gasteiger partial charge on any atom is 0.414 e. The number of hydrogen-bond donors (Lipinski definition) is 0. The predicted octanol–water partition coefficient (Wildman–Crippen LogP) is 2.91. The van der Waals surface area contributed by atoms with Crippen molar-refractivity contribution in [1.29, 1.82) is 0 Å². The Morgan fingerprint density at radius 3 is 2.85 bits per heavy atom. The van der Waals surface area contributed by atoms with Gasteiger partial charge in [-0.25, -0.2) is 13.2 Å². The molecule has 110 valence electrons. The van der Waals surface area contributed by atoms with E-state index in [1.165, 1.54) is 17.0 Å². The number of nitrogens with zero attached hydrogens (tertiary/aromatic N) is 1. The molecule has 1 aliphatic rings. The van der Waals surface area contributed by atoms with Gasteiger partial charge >= 0.3 is 6.09 Å². The van der Waals surface area contributed by atoms with Crippen molar-refractivity contribution in [2.24, 2.45) is 0 Å². The summed E-state index contributed by atoms with van der Waals surface area (Å²) in [5.74, 6) is 0. The molecule has 5 nitrogen and oxygen atoms in total. The van der Waals surface area contributed by atoms with E-state index in [1.54, 1.807) is 6.07 Å². The topological polar surface area (TPSA) is 63.7 Å². The molecule has 7 heteroatoms. The van der Waals surface area contributed by atoms with Gasteiger partial charge in [0.15, 0.2) is 0 Å². The summed E-state index contributed by atoms with van der Waals surface area (Å²) in [7, 11) is 1.57. The third-order valence-corrected chi connectivity index (χ3v) is 4.52. The summed E-state index contributed by atoms with van der Waals surface area (Å²) >= 11 is 0. The zero-order chi connectivity index (χ0) is 14.8. The number of unbranched alkanes of at least 4 members (excludes halogenated alkanes) is 1. The summed E-state index contributed by atoms with van der Waals surface area (Å²) in [5.41, 5.74) is 1.48. The first-order valence-corrected chi connectivity index (χ1v) is 8.76. The number of carbonyl (C=O) groups excluding carboxylic acids is 1. The Morgan fingerprint density at radius 2 is 2.20 bits per heavy atom. The molecule has 2 rings (SSSR count). The Morgan fingerprint density at radius 1 is 1.45 bits per heavy atom. The van der Waals surface area contributed by atoms with Crippen molar-refractivity contribution in [3.63, 3.8) is 0 Å². The lowest BCUT2D eigenvalue weighted by Crippen LogP contribution is -2.29. The van der Waals surface area contributed by atoms with Crippen molar-refractivity contribution in [2.75, 3.05) is 18.1 Å². The summed E-state index contributed by atoms with van der Waals surface area (Å²) in [6, 6.07) is 4.51. The summed E-state index contributed by atoms with van der Waals surface area (Å²) < 4.78 is 27.7. The fourth-order valence-corrected chi connectivity index (χ4v) is 2.90. The molecule has 0 bridgehead atoms. The Kier molecular flexibility index (Phi) is 4.55. The Labute approximate surface area is 122 Å². The molecule has 1 aliphatic heterocycles. The number of carbonyl (C=O) groups is 1. The van der Waals surface area contributed by atoms with Gasteiger partial charge in [-0.2, -0.15) is 0 Å². The fourth-order valence-electron chi connectivity index (χ4n) is 2.10. The van der Waals surface area contributed by atoms with Gasteiger partial charge in [-0.1, -0.05) is 13.3 Å². The van der Waals surface area contributed by atoms with Crippen LogP contribution in [0.4, 0.5) is 10.5 Å². The number of rotatable bonds is 4. The minimum absolute atomic E-state index is 0.0547. The van der Waals surface area contributed by atoms with Crippen molar-refractivity contribution >= 4 is 31.5 Å². The number of halogens is 1. The van der Waals surface area contributed by atoms with Gasteiger partial charge in [-0.15, -0.1) is 0 Å². The van der Waals surface area contributed by atoms with E-state index in [1.807, 2.05) is 6.92 Å². The molecule has 1 amide bonds. The molecule has 20 heavy (non-hydrogen) atoms. The molecule has 0 unspecified atom stereocenters. The van der Waals surface area contributed by atoms with E-state index in [-0.39, 0.29) is 4.90 Å². The van der Waals surface area contributed by atoms with Crippen molar-refractivity contribution < 1.29 is 17.9 Å². The maximum atomic E-state index is 11.9. The van der Waals surface area contributed by atoms with Crippen LogP contribution in [0.25, 0.3) is 0 Å². The van der Waals surface area contributed by atoms with E-state index in [9.17, 15) is 13.2 Å². The first kappa shape index (κ1) is 15.1. The molecule has 0 saturated carbocycles. The van der Waals surface area contributed by atoms with Gasteiger partial charge < -0.3 is 4.74 Å². The van der Waals surface area contributed by atoms with Crippen LogP contribution >= 0.6 is 10.7 Å². The molecule has 0 aromatic heterocycles. The van der Waals surface area contributed by atoms with Crippen LogP contribution in [0.3, 0.4) is 0 Å². The second-order valence-electron chi connectivity index (χ2n) is 4.60. The molecular weight excluding hydrogens is 302 g/mol. The Hall–Kier alpha value is -1.27. The smallest absolute Gasteiger partial charge is 0.414 e. The number of hydrogen-bond acceptors (Lipinski definition) is 4. The van der Waals surface area contributed by atoms with E-state index in [0.717, 1.165) is 18.4 Å².